The fraction of sp³-hybridized carbons (Fsp3) is 0.786. The van der Waals surface area contributed by atoms with Crippen molar-refractivity contribution in [2.75, 3.05) is 0 Å². The first-order valence-electron chi connectivity index (χ1n) is 7.10. The van der Waals surface area contributed by atoms with E-state index in [1.807, 2.05) is 12.3 Å². The summed E-state index contributed by atoms with van der Waals surface area (Å²) >= 11 is 0. The molecule has 0 amide bonds. The second-order valence-electron chi connectivity index (χ2n) is 5.32. The molecule has 0 spiro atoms. The highest BCUT2D eigenvalue weighted by Crippen LogP contribution is 2.26. The largest absolute Gasteiger partial charge is 0.308 e. The van der Waals surface area contributed by atoms with Crippen LogP contribution in [0.2, 0.25) is 0 Å². The number of hydrogen-bond acceptors (Lipinski definition) is 2. The van der Waals surface area contributed by atoms with E-state index in [-0.39, 0.29) is 0 Å². The molecule has 0 aromatic carbocycles. The van der Waals surface area contributed by atoms with Gasteiger partial charge in [0.1, 0.15) is 0 Å². The van der Waals surface area contributed by atoms with Crippen LogP contribution < -0.4 is 5.32 Å². The van der Waals surface area contributed by atoms with E-state index >= 15 is 0 Å². The van der Waals surface area contributed by atoms with Crippen LogP contribution in [0.25, 0.3) is 0 Å². The molecule has 3 nitrogen and oxygen atoms in total. The maximum atomic E-state index is 3.98. The lowest BCUT2D eigenvalue weighted by Crippen LogP contribution is -2.28. The molecule has 0 aliphatic heterocycles. The Morgan fingerprint density at radius 1 is 1.35 bits per heavy atom. The van der Waals surface area contributed by atoms with Gasteiger partial charge in [-0.05, 0) is 31.2 Å². The zero-order valence-electron chi connectivity index (χ0n) is 10.9. The van der Waals surface area contributed by atoms with Crippen LogP contribution >= 0.6 is 0 Å². The minimum Gasteiger partial charge on any atom is -0.308 e. The third-order valence-corrected chi connectivity index (χ3v) is 3.92. The van der Waals surface area contributed by atoms with Gasteiger partial charge in [0.25, 0.3) is 0 Å². The van der Waals surface area contributed by atoms with E-state index < -0.39 is 0 Å². The summed E-state index contributed by atoms with van der Waals surface area (Å²) < 4.78 is 0. The Labute approximate surface area is 104 Å². The lowest BCUT2D eigenvalue weighted by molar-refractivity contribution is 0.409. The SMILES string of the molecule is CCCC1CCCC(NCc2ccn[nH]2)CC1. The summed E-state index contributed by atoms with van der Waals surface area (Å²) in [4.78, 5) is 0. The highest BCUT2D eigenvalue weighted by molar-refractivity contribution is 4.97. The lowest BCUT2D eigenvalue weighted by Gasteiger charge is -2.16. The average molecular weight is 235 g/mol. The van der Waals surface area contributed by atoms with Gasteiger partial charge in [-0.25, -0.2) is 0 Å². The summed E-state index contributed by atoms with van der Waals surface area (Å²) in [5.74, 6) is 0.985. The number of nitrogens with one attached hydrogen (secondary N) is 2. The van der Waals surface area contributed by atoms with E-state index in [0.717, 1.165) is 12.5 Å². The van der Waals surface area contributed by atoms with Gasteiger partial charge in [-0.1, -0.05) is 32.6 Å². The minimum atomic E-state index is 0.708. The zero-order chi connectivity index (χ0) is 11.9. The van der Waals surface area contributed by atoms with Gasteiger partial charge in [0.15, 0.2) is 0 Å². The van der Waals surface area contributed by atoms with Crippen LogP contribution in [0.5, 0.6) is 0 Å². The molecule has 2 N–H and O–H groups in total. The van der Waals surface area contributed by atoms with Crippen LogP contribution in [-0.4, -0.2) is 16.2 Å². The molecule has 0 bridgehead atoms. The van der Waals surface area contributed by atoms with E-state index in [9.17, 15) is 0 Å². The van der Waals surface area contributed by atoms with Gasteiger partial charge in [-0.3, -0.25) is 5.10 Å². The number of aromatic nitrogens is 2. The monoisotopic (exact) mass is 235 g/mol. The zero-order valence-corrected chi connectivity index (χ0v) is 10.9. The highest BCUT2D eigenvalue weighted by atomic mass is 15.1. The fourth-order valence-electron chi connectivity index (χ4n) is 2.92. The molecule has 1 aromatic rings. The van der Waals surface area contributed by atoms with Crippen molar-refractivity contribution >= 4 is 0 Å². The molecule has 1 saturated carbocycles. The molecule has 96 valence electrons. The van der Waals surface area contributed by atoms with E-state index in [1.54, 1.807) is 0 Å². The van der Waals surface area contributed by atoms with E-state index in [0.29, 0.717) is 6.04 Å². The average Bonchev–Trinajstić information content (AvgIpc) is 2.75. The summed E-state index contributed by atoms with van der Waals surface area (Å²) in [6.07, 6.45) is 11.5. The first-order valence-corrected chi connectivity index (χ1v) is 7.10. The third-order valence-electron chi connectivity index (χ3n) is 3.92. The van der Waals surface area contributed by atoms with E-state index in [1.165, 1.54) is 50.6 Å². The van der Waals surface area contributed by atoms with E-state index in [2.05, 4.69) is 22.4 Å². The topological polar surface area (TPSA) is 40.7 Å². The quantitative estimate of drug-likeness (QED) is 0.769. The van der Waals surface area contributed by atoms with Crippen molar-refractivity contribution < 1.29 is 0 Å². The molecule has 2 unspecified atom stereocenters. The maximum absolute atomic E-state index is 3.98. The molecular formula is C14H25N3. The molecule has 1 aliphatic carbocycles. The Bertz CT molecular complexity index is 294. The van der Waals surface area contributed by atoms with Crippen molar-refractivity contribution in [3.63, 3.8) is 0 Å². The number of nitrogens with zero attached hydrogens (tertiary/aromatic N) is 1. The molecular weight excluding hydrogens is 210 g/mol. The van der Waals surface area contributed by atoms with Gasteiger partial charge in [-0.15, -0.1) is 0 Å². The Morgan fingerprint density at radius 3 is 3.06 bits per heavy atom. The Kier molecular flexibility index (Phi) is 5.05. The molecule has 17 heavy (non-hydrogen) atoms. The van der Waals surface area contributed by atoms with Gasteiger partial charge < -0.3 is 5.32 Å². The van der Waals surface area contributed by atoms with Gasteiger partial charge in [0, 0.05) is 24.5 Å². The minimum absolute atomic E-state index is 0.708. The molecule has 1 aromatic heterocycles. The maximum Gasteiger partial charge on any atom is 0.0490 e. The third kappa shape index (κ3) is 4.15. The Morgan fingerprint density at radius 2 is 2.29 bits per heavy atom. The summed E-state index contributed by atoms with van der Waals surface area (Å²) in [6.45, 7) is 3.24. The summed E-state index contributed by atoms with van der Waals surface area (Å²) in [5.41, 5.74) is 1.19. The number of rotatable bonds is 5. The fourth-order valence-corrected chi connectivity index (χ4v) is 2.92. The van der Waals surface area contributed by atoms with Crippen LogP contribution in [-0.2, 0) is 6.54 Å². The first kappa shape index (κ1) is 12.6. The van der Waals surface area contributed by atoms with Crippen LogP contribution in [0.1, 0.15) is 57.6 Å². The molecule has 1 aliphatic rings. The van der Waals surface area contributed by atoms with E-state index in [4.69, 9.17) is 0 Å². The normalized spacial score (nSPS) is 25.7. The first-order chi connectivity index (χ1) is 8.38. The van der Waals surface area contributed by atoms with Crippen molar-refractivity contribution in [3.05, 3.63) is 18.0 Å². The molecule has 3 heteroatoms. The summed E-state index contributed by atoms with van der Waals surface area (Å²) in [5, 5.41) is 10.6. The van der Waals surface area contributed by atoms with Crippen LogP contribution in [0.4, 0.5) is 0 Å². The highest BCUT2D eigenvalue weighted by Gasteiger charge is 2.17. The molecule has 2 rings (SSSR count). The predicted molar refractivity (Wildman–Crippen MR) is 70.7 cm³/mol. The van der Waals surface area contributed by atoms with Gasteiger partial charge in [0.05, 0.1) is 0 Å². The number of H-pyrrole nitrogens is 1. The second kappa shape index (κ2) is 6.80. The summed E-state index contributed by atoms with van der Waals surface area (Å²) in [7, 11) is 0. The number of aromatic amines is 1. The van der Waals surface area contributed by atoms with Crippen LogP contribution in [0.3, 0.4) is 0 Å². The van der Waals surface area contributed by atoms with Crippen molar-refractivity contribution in [2.45, 2.75) is 64.5 Å². The molecule has 2 atom stereocenters. The molecule has 1 fully saturated rings. The van der Waals surface area contributed by atoms with Crippen molar-refractivity contribution in [1.29, 1.82) is 0 Å². The smallest absolute Gasteiger partial charge is 0.0490 e. The second-order valence-corrected chi connectivity index (χ2v) is 5.32. The van der Waals surface area contributed by atoms with Crippen molar-refractivity contribution in [2.24, 2.45) is 5.92 Å². The Hall–Kier alpha value is -0.830. The van der Waals surface area contributed by atoms with Crippen molar-refractivity contribution in [1.82, 2.24) is 15.5 Å². The molecule has 1 heterocycles. The van der Waals surface area contributed by atoms with Gasteiger partial charge >= 0.3 is 0 Å². The predicted octanol–water partition coefficient (Wildman–Crippen LogP) is 3.25. The molecule has 0 radical (unpaired) electrons. The van der Waals surface area contributed by atoms with Crippen LogP contribution in [0, 0.1) is 5.92 Å². The Balaban J connectivity index is 1.71. The standard InChI is InChI=1S/C14H25N3/c1-2-4-12-5-3-6-13(8-7-12)15-11-14-9-10-16-17-14/h9-10,12-13,15H,2-8,11H2,1H3,(H,16,17). The van der Waals surface area contributed by atoms with Gasteiger partial charge in [-0.2, -0.15) is 5.10 Å². The lowest BCUT2D eigenvalue weighted by atomic mass is 9.95. The van der Waals surface area contributed by atoms with Gasteiger partial charge in [0.2, 0.25) is 0 Å². The van der Waals surface area contributed by atoms with Crippen LogP contribution in [0.15, 0.2) is 12.3 Å². The molecule has 0 saturated heterocycles. The van der Waals surface area contributed by atoms with Crippen molar-refractivity contribution in [3.8, 4) is 0 Å². The number of hydrogen-bond donors (Lipinski definition) is 2. The summed E-state index contributed by atoms with van der Waals surface area (Å²) in [6, 6.07) is 2.75.